The Morgan fingerprint density at radius 2 is 2.06 bits per heavy atom. The molecule has 98 valence electrons. The Morgan fingerprint density at radius 1 is 1.39 bits per heavy atom. The number of sulfonamides is 1. The van der Waals surface area contributed by atoms with E-state index in [4.69, 9.17) is 4.42 Å². The first-order chi connectivity index (χ1) is 8.37. The lowest BCUT2D eigenvalue weighted by molar-refractivity contribution is -0.0258. The highest BCUT2D eigenvalue weighted by Gasteiger charge is 2.22. The van der Waals surface area contributed by atoms with Gasteiger partial charge >= 0.3 is 5.76 Å². The number of aromatic nitrogens is 1. The van der Waals surface area contributed by atoms with Crippen molar-refractivity contribution in [2.45, 2.75) is 4.90 Å². The summed E-state index contributed by atoms with van der Waals surface area (Å²) in [5.74, 6) is -0.542. The molecule has 18 heavy (non-hydrogen) atoms. The highest BCUT2D eigenvalue weighted by atomic mass is 32.2. The van der Waals surface area contributed by atoms with Crippen molar-refractivity contribution < 1.29 is 17.7 Å². The van der Waals surface area contributed by atoms with E-state index in [9.17, 15) is 13.2 Å². The summed E-state index contributed by atoms with van der Waals surface area (Å²) in [6.45, 7) is 0. The average molecular weight is 272 g/mol. The van der Waals surface area contributed by atoms with Gasteiger partial charge in [-0.3, -0.25) is 9.40 Å². The molecule has 0 atom stereocenters. The highest BCUT2D eigenvalue weighted by molar-refractivity contribution is 7.89. The molecule has 0 N–H and O–H groups in total. The molecule has 0 unspecified atom stereocenters. The molecule has 1 aromatic carbocycles. The van der Waals surface area contributed by atoms with Crippen molar-refractivity contribution in [3.63, 3.8) is 0 Å². The zero-order valence-electron chi connectivity index (χ0n) is 10.1. The zero-order chi connectivity index (χ0) is 13.5. The minimum Gasteiger partial charge on any atom is -0.408 e. The summed E-state index contributed by atoms with van der Waals surface area (Å²) in [6, 6.07) is 4.19. The predicted octanol–water partition coefficient (Wildman–Crippen LogP) is 0.313. The molecule has 2 rings (SSSR count). The van der Waals surface area contributed by atoms with E-state index in [1.807, 2.05) is 0 Å². The Labute approximate surface area is 103 Å². The minimum atomic E-state index is -3.74. The van der Waals surface area contributed by atoms with E-state index in [0.717, 1.165) is 4.47 Å². The standard InChI is InChI=1S/C10H12N2O5S/c1-11-8-5-4-7(6-9(8)17-10(11)13)18(14,15)12(2)16-3/h4-6H,1-3H3. The molecule has 0 fully saturated rings. The number of oxazole rings is 1. The van der Waals surface area contributed by atoms with Crippen LogP contribution in [0, 0.1) is 0 Å². The first-order valence-electron chi connectivity index (χ1n) is 5.00. The Kier molecular flexibility index (Phi) is 3.01. The molecule has 0 saturated carbocycles. The Morgan fingerprint density at radius 3 is 2.67 bits per heavy atom. The van der Waals surface area contributed by atoms with Crippen LogP contribution in [0.5, 0.6) is 0 Å². The maximum atomic E-state index is 12.0. The van der Waals surface area contributed by atoms with Crippen LogP contribution in [-0.4, -0.2) is 31.6 Å². The fraction of sp³-hybridized carbons (Fsp3) is 0.300. The Balaban J connectivity index is 2.65. The second-order valence-corrected chi connectivity index (χ2v) is 5.59. The lowest BCUT2D eigenvalue weighted by Crippen LogP contribution is -2.25. The summed E-state index contributed by atoms with van der Waals surface area (Å²) < 4.78 is 30.9. The van der Waals surface area contributed by atoms with Crippen LogP contribution in [0.3, 0.4) is 0 Å². The van der Waals surface area contributed by atoms with E-state index in [-0.39, 0.29) is 10.5 Å². The molecule has 1 aromatic heterocycles. The van der Waals surface area contributed by atoms with Crippen LogP contribution in [0.2, 0.25) is 0 Å². The smallest absolute Gasteiger partial charge is 0.408 e. The van der Waals surface area contributed by atoms with Crippen molar-refractivity contribution in [3.8, 4) is 0 Å². The molecule has 7 nitrogen and oxygen atoms in total. The summed E-state index contributed by atoms with van der Waals surface area (Å²) in [5.41, 5.74) is 0.743. The van der Waals surface area contributed by atoms with E-state index in [2.05, 4.69) is 4.84 Å². The normalized spacial score (nSPS) is 12.4. The topological polar surface area (TPSA) is 81.8 Å². The van der Waals surface area contributed by atoms with Crippen molar-refractivity contribution in [3.05, 3.63) is 28.7 Å². The molecular weight excluding hydrogens is 260 g/mol. The van der Waals surface area contributed by atoms with E-state index >= 15 is 0 Å². The van der Waals surface area contributed by atoms with Gasteiger partial charge in [0.2, 0.25) is 0 Å². The van der Waals surface area contributed by atoms with Crippen molar-refractivity contribution in [2.24, 2.45) is 7.05 Å². The number of nitrogens with zero attached hydrogens (tertiary/aromatic N) is 2. The number of hydroxylamine groups is 1. The van der Waals surface area contributed by atoms with Crippen molar-refractivity contribution in [2.75, 3.05) is 14.2 Å². The maximum Gasteiger partial charge on any atom is 0.419 e. The van der Waals surface area contributed by atoms with Gasteiger partial charge in [0.25, 0.3) is 10.0 Å². The van der Waals surface area contributed by atoms with Crippen LogP contribution in [0.25, 0.3) is 11.1 Å². The van der Waals surface area contributed by atoms with Gasteiger partial charge in [0.05, 0.1) is 17.5 Å². The summed E-state index contributed by atoms with van der Waals surface area (Å²) in [6.07, 6.45) is 0. The van der Waals surface area contributed by atoms with Crippen LogP contribution in [0.15, 0.2) is 32.3 Å². The van der Waals surface area contributed by atoms with Gasteiger partial charge in [-0.2, -0.15) is 0 Å². The first-order valence-corrected chi connectivity index (χ1v) is 6.44. The second kappa shape index (κ2) is 4.23. The van der Waals surface area contributed by atoms with E-state index in [1.54, 1.807) is 7.05 Å². The van der Waals surface area contributed by atoms with Gasteiger partial charge in [-0.15, -0.1) is 0 Å². The average Bonchev–Trinajstić information content (AvgIpc) is 2.63. The minimum absolute atomic E-state index is 0.00583. The number of rotatable bonds is 3. The lowest BCUT2D eigenvalue weighted by Gasteiger charge is -2.13. The molecule has 0 aliphatic carbocycles. The third kappa shape index (κ3) is 1.84. The molecule has 0 radical (unpaired) electrons. The lowest BCUT2D eigenvalue weighted by atomic mass is 10.3. The third-order valence-corrected chi connectivity index (χ3v) is 4.33. The van der Waals surface area contributed by atoms with E-state index in [0.29, 0.717) is 5.52 Å². The van der Waals surface area contributed by atoms with E-state index < -0.39 is 15.8 Å². The molecule has 8 heteroatoms. The number of hydrogen-bond donors (Lipinski definition) is 0. The molecule has 0 amide bonds. The number of hydrogen-bond acceptors (Lipinski definition) is 5. The summed E-state index contributed by atoms with van der Waals surface area (Å²) in [4.78, 5) is 16.0. The summed E-state index contributed by atoms with van der Waals surface area (Å²) in [5, 5.41) is 0. The van der Waals surface area contributed by atoms with Crippen molar-refractivity contribution >= 4 is 21.1 Å². The van der Waals surface area contributed by atoms with Crippen LogP contribution >= 0.6 is 0 Å². The number of fused-ring (bicyclic) bond motifs is 1. The van der Waals surface area contributed by atoms with Crippen molar-refractivity contribution in [1.82, 2.24) is 9.04 Å². The van der Waals surface area contributed by atoms with Crippen molar-refractivity contribution in [1.29, 1.82) is 0 Å². The molecule has 1 heterocycles. The molecule has 0 saturated heterocycles. The first kappa shape index (κ1) is 12.8. The second-order valence-electron chi connectivity index (χ2n) is 3.65. The predicted molar refractivity (Wildman–Crippen MR) is 63.4 cm³/mol. The third-order valence-electron chi connectivity index (χ3n) is 2.66. The highest BCUT2D eigenvalue weighted by Crippen LogP contribution is 2.20. The van der Waals surface area contributed by atoms with E-state index in [1.165, 1.54) is 36.9 Å². The Bertz CT molecular complexity index is 743. The van der Waals surface area contributed by atoms with Gasteiger partial charge in [0.1, 0.15) is 0 Å². The van der Waals surface area contributed by atoms with Crippen LogP contribution in [0.4, 0.5) is 0 Å². The zero-order valence-corrected chi connectivity index (χ0v) is 10.9. The van der Waals surface area contributed by atoms with Gasteiger partial charge in [0.15, 0.2) is 5.58 Å². The SMILES string of the molecule is CON(C)S(=O)(=O)c1ccc2c(c1)oc(=O)n2C. The van der Waals surface area contributed by atoms with Crippen LogP contribution in [-0.2, 0) is 21.9 Å². The Hall–Kier alpha value is -1.64. The molecular formula is C10H12N2O5S. The summed E-state index contributed by atoms with van der Waals surface area (Å²) >= 11 is 0. The number of benzene rings is 1. The van der Waals surface area contributed by atoms with Gasteiger partial charge in [0, 0.05) is 20.2 Å². The fourth-order valence-electron chi connectivity index (χ4n) is 1.52. The fourth-order valence-corrected chi connectivity index (χ4v) is 2.51. The van der Waals surface area contributed by atoms with Gasteiger partial charge in [-0.05, 0) is 12.1 Å². The monoisotopic (exact) mass is 272 g/mol. The molecule has 0 bridgehead atoms. The molecule has 0 aliphatic rings. The largest absolute Gasteiger partial charge is 0.419 e. The maximum absolute atomic E-state index is 12.0. The van der Waals surface area contributed by atoms with Gasteiger partial charge < -0.3 is 4.42 Å². The van der Waals surface area contributed by atoms with Gasteiger partial charge in [-0.25, -0.2) is 13.2 Å². The quantitative estimate of drug-likeness (QED) is 0.751. The molecule has 0 spiro atoms. The molecule has 0 aliphatic heterocycles. The number of aryl methyl sites for hydroxylation is 1. The van der Waals surface area contributed by atoms with Crippen LogP contribution in [0.1, 0.15) is 0 Å². The molecule has 2 aromatic rings. The summed E-state index contributed by atoms with van der Waals surface area (Å²) in [7, 11) is 0.328. The van der Waals surface area contributed by atoms with Gasteiger partial charge in [-0.1, -0.05) is 4.47 Å². The van der Waals surface area contributed by atoms with Crippen LogP contribution < -0.4 is 5.76 Å².